The van der Waals surface area contributed by atoms with Gasteiger partial charge >= 0.3 is 0 Å². The number of fused-ring (bicyclic) bond motifs is 13. The number of hydrogen-bond donors (Lipinski definition) is 1. The number of amidine groups is 2. The smallest absolute Gasteiger partial charge is 0.134 e. The zero-order valence-electron chi connectivity index (χ0n) is 38.7. The molecule has 0 bridgehead atoms. The lowest BCUT2D eigenvalue weighted by Gasteiger charge is -2.39. The molecule has 336 valence electrons. The largest absolute Gasteiger partial charge is 0.327 e. The summed E-state index contributed by atoms with van der Waals surface area (Å²) in [6.45, 7) is 2.61. The van der Waals surface area contributed by atoms with Crippen LogP contribution in [0.5, 0.6) is 0 Å². The second kappa shape index (κ2) is 17.4. The summed E-state index contributed by atoms with van der Waals surface area (Å²) in [6, 6.07) is 75.5. The normalized spacial score (nSPS) is 13.8. The Morgan fingerprint density at radius 1 is 0.486 bits per heavy atom. The highest BCUT2D eigenvalue weighted by molar-refractivity contribution is 7.26. The molecule has 1 unspecified atom stereocenters. The van der Waals surface area contributed by atoms with E-state index in [9.17, 15) is 0 Å². The summed E-state index contributed by atoms with van der Waals surface area (Å²) in [7, 11) is 1.88. The molecule has 0 aliphatic carbocycles. The second-order valence-corrected chi connectivity index (χ2v) is 21.3. The Bertz CT molecular complexity index is 4240. The van der Waals surface area contributed by atoms with E-state index in [-0.39, 0.29) is 0 Å². The van der Waals surface area contributed by atoms with Gasteiger partial charge in [-0.1, -0.05) is 170 Å². The van der Waals surface area contributed by atoms with E-state index >= 15 is 0 Å². The molecular weight excluding hydrogens is 909 g/mol. The van der Waals surface area contributed by atoms with Crippen molar-refractivity contribution in [3.8, 4) is 0 Å². The molecule has 0 saturated carbocycles. The van der Waals surface area contributed by atoms with Gasteiger partial charge in [0, 0.05) is 95.9 Å². The van der Waals surface area contributed by atoms with Crippen molar-refractivity contribution in [1.29, 1.82) is 0 Å². The van der Waals surface area contributed by atoms with Crippen LogP contribution in [-0.2, 0) is 12.0 Å². The predicted molar refractivity (Wildman–Crippen MR) is 306 cm³/mol. The first kappa shape index (κ1) is 42.4. The van der Waals surface area contributed by atoms with Crippen molar-refractivity contribution in [2.45, 2.75) is 18.9 Å². The maximum Gasteiger partial charge on any atom is 0.134 e. The summed E-state index contributed by atoms with van der Waals surface area (Å²) in [5, 5.41) is 14.0. The van der Waals surface area contributed by atoms with Gasteiger partial charge in [-0.25, -0.2) is 0 Å². The number of benzene rings is 9. The maximum absolute atomic E-state index is 6.00. The van der Waals surface area contributed by atoms with Gasteiger partial charge in [0.2, 0.25) is 0 Å². The molecule has 1 N–H and O–H groups in total. The minimum atomic E-state index is -0.760. The first-order chi connectivity index (χ1) is 34.6. The van der Waals surface area contributed by atoms with E-state index in [4.69, 9.17) is 9.98 Å². The molecule has 7 heteroatoms. The van der Waals surface area contributed by atoms with Gasteiger partial charge in [-0.2, -0.15) is 0 Å². The number of allylic oxidation sites excluding steroid dienone is 1. The third-order valence-electron chi connectivity index (χ3n) is 14.1. The van der Waals surface area contributed by atoms with Gasteiger partial charge in [0.05, 0.1) is 23.1 Å². The van der Waals surface area contributed by atoms with Crippen LogP contribution in [0.25, 0.3) is 87.9 Å². The van der Waals surface area contributed by atoms with Crippen LogP contribution in [0.15, 0.2) is 222 Å². The minimum Gasteiger partial charge on any atom is -0.327 e. The van der Waals surface area contributed by atoms with Crippen molar-refractivity contribution < 1.29 is 0 Å². The van der Waals surface area contributed by atoms with Gasteiger partial charge in [0.25, 0.3) is 0 Å². The van der Waals surface area contributed by atoms with Crippen molar-refractivity contribution in [2.24, 2.45) is 9.98 Å². The zero-order chi connectivity index (χ0) is 46.8. The molecule has 0 amide bonds. The van der Waals surface area contributed by atoms with Crippen molar-refractivity contribution in [3.05, 3.63) is 235 Å². The first-order valence-corrected chi connectivity index (χ1v) is 26.2. The first-order valence-electron chi connectivity index (χ1n) is 23.8. The van der Waals surface area contributed by atoms with E-state index in [1.807, 2.05) is 41.1 Å². The zero-order valence-corrected chi connectivity index (χ0v) is 41.1. The summed E-state index contributed by atoms with van der Waals surface area (Å²) >= 11 is 5.52. The molecule has 0 saturated heterocycles. The highest BCUT2D eigenvalue weighted by Gasteiger charge is 2.40. The van der Waals surface area contributed by atoms with E-state index in [1.165, 1.54) is 93.5 Å². The topological polar surface area (TPSA) is 41.7 Å². The van der Waals surface area contributed by atoms with Crippen molar-refractivity contribution in [2.75, 3.05) is 13.6 Å². The molecule has 13 aromatic rings. The van der Waals surface area contributed by atoms with Crippen molar-refractivity contribution >= 4 is 134 Å². The van der Waals surface area contributed by atoms with Gasteiger partial charge in [0.15, 0.2) is 0 Å². The highest BCUT2D eigenvalue weighted by atomic mass is 32.1. The Morgan fingerprint density at radius 3 is 1.64 bits per heavy atom. The second-order valence-electron chi connectivity index (χ2n) is 18.0. The fraction of sp³-hybridized carbons (Fsp3) is 0.0794. The third-order valence-corrected chi connectivity index (χ3v) is 17.5. The van der Waals surface area contributed by atoms with E-state index in [0.29, 0.717) is 13.0 Å². The van der Waals surface area contributed by atoms with Gasteiger partial charge < -0.3 is 9.88 Å². The number of aliphatic imine (C=N–C) groups is 2. The maximum atomic E-state index is 6.00. The Morgan fingerprint density at radius 2 is 1.00 bits per heavy atom. The van der Waals surface area contributed by atoms with Crippen LogP contribution in [0.3, 0.4) is 0 Å². The molecule has 4 heterocycles. The van der Waals surface area contributed by atoms with Gasteiger partial charge in [-0.05, 0) is 66.1 Å². The molecule has 0 fully saturated rings. The fourth-order valence-electron chi connectivity index (χ4n) is 11.0. The Kier molecular flexibility index (Phi) is 10.5. The number of nitrogens with zero attached hydrogens (tertiary/aromatic N) is 3. The Balaban J connectivity index is 1.09. The fourth-order valence-corrected chi connectivity index (χ4v) is 14.4. The molecule has 0 spiro atoms. The summed E-state index contributed by atoms with van der Waals surface area (Å²) in [5.41, 5.74) is 7.27. The average molecular weight is 955 g/mol. The number of nitrogens with one attached hydrogen (secondary N) is 1. The van der Waals surface area contributed by atoms with E-state index < -0.39 is 5.54 Å². The summed E-state index contributed by atoms with van der Waals surface area (Å²) < 4.78 is 10.2. The monoisotopic (exact) mass is 954 g/mol. The lowest BCUT2D eigenvalue weighted by Crippen LogP contribution is -2.42. The van der Waals surface area contributed by atoms with Crippen LogP contribution in [0.2, 0.25) is 0 Å². The lowest BCUT2D eigenvalue weighted by atomic mass is 9.78. The van der Waals surface area contributed by atoms with Crippen LogP contribution >= 0.6 is 34.0 Å². The molecule has 4 aromatic heterocycles. The molecule has 9 aromatic carbocycles. The van der Waals surface area contributed by atoms with Gasteiger partial charge in [0.1, 0.15) is 11.7 Å². The molecule has 0 aliphatic heterocycles. The SMILES string of the molecule is C/C=C(/c1ccccc1)C(CN=C(NC(=NC)c1ccc2c(c1)sc1ccccc12)c1ccc2c(c1)sc1ccccc12)(Cc1ccccc1)n1c2ccccc2c2ccc3sc4ccccc4c3c21. The molecule has 0 aliphatic rings. The molecule has 0 radical (unpaired) electrons. The number of para-hydroxylation sites is 1. The van der Waals surface area contributed by atoms with Crippen LogP contribution < -0.4 is 5.32 Å². The van der Waals surface area contributed by atoms with E-state index in [2.05, 4.69) is 229 Å². The Hall–Kier alpha value is -7.68. The van der Waals surface area contributed by atoms with Crippen molar-refractivity contribution in [3.63, 3.8) is 0 Å². The van der Waals surface area contributed by atoms with Crippen LogP contribution in [0.1, 0.15) is 29.2 Å². The minimum absolute atomic E-state index is 0.405. The van der Waals surface area contributed by atoms with Gasteiger partial charge in [-0.3, -0.25) is 9.98 Å². The molecule has 13 rings (SSSR count). The number of aromatic nitrogens is 1. The number of hydrogen-bond acceptors (Lipinski definition) is 5. The number of thiophene rings is 3. The van der Waals surface area contributed by atoms with Gasteiger partial charge in [-0.15, -0.1) is 34.0 Å². The Labute approximate surface area is 417 Å². The predicted octanol–water partition coefficient (Wildman–Crippen LogP) is 17.1. The quantitative estimate of drug-likeness (QED) is 0.114. The standard InChI is InChI=1S/C63H46N4S3/c1-3-51(41-20-8-5-9-21-41)63(38-40-18-6-4-7-19-40,67-52-26-14-10-22-44(52)49-34-35-56-59(60(49)67)50-25-13-17-29-55(50)68-56)39-65-62(43-31-33-48-46-24-12-16-28-54(46)70-58(48)37-43)66-61(64-2)42-30-32-47-45-23-11-15-27-53(45)69-57(47)36-42/h3-37H,38-39H2,1-2H3,(H,64,65,66)/b51-3-. The molecule has 1 atom stereocenters. The van der Waals surface area contributed by atoms with Crippen LogP contribution in [0, 0.1) is 0 Å². The third kappa shape index (κ3) is 6.99. The average Bonchev–Trinajstić information content (AvgIpc) is 4.18. The summed E-state index contributed by atoms with van der Waals surface area (Å²) in [6.07, 6.45) is 3.02. The highest BCUT2D eigenvalue weighted by Crippen LogP contribution is 2.48. The van der Waals surface area contributed by atoms with E-state index in [1.54, 1.807) is 0 Å². The lowest BCUT2D eigenvalue weighted by molar-refractivity contribution is 0.418. The molecular formula is C63H46N4S3. The molecule has 70 heavy (non-hydrogen) atoms. The number of rotatable bonds is 9. The van der Waals surface area contributed by atoms with Crippen LogP contribution in [-0.4, -0.2) is 29.8 Å². The summed E-state index contributed by atoms with van der Waals surface area (Å²) in [5.74, 6) is 1.53. The van der Waals surface area contributed by atoms with Crippen LogP contribution in [0.4, 0.5) is 0 Å². The summed E-state index contributed by atoms with van der Waals surface area (Å²) in [4.78, 5) is 11.0. The van der Waals surface area contributed by atoms with E-state index in [0.717, 1.165) is 28.4 Å². The molecule has 4 nitrogen and oxygen atoms in total. The van der Waals surface area contributed by atoms with Crippen molar-refractivity contribution in [1.82, 2.24) is 9.88 Å².